The fraction of sp³-hybridized carbons (Fsp3) is 0.500. The van der Waals surface area contributed by atoms with E-state index in [-0.39, 0.29) is 12.5 Å². The number of hydrogen-bond donors (Lipinski definition) is 2. The van der Waals surface area contributed by atoms with Gasteiger partial charge in [0.05, 0.1) is 0 Å². The van der Waals surface area contributed by atoms with Crippen molar-refractivity contribution in [1.29, 1.82) is 0 Å². The number of halogens is 1. The summed E-state index contributed by atoms with van der Waals surface area (Å²) < 4.78 is 21.6. The average molecular weight is 430 g/mol. The molecule has 1 aromatic rings. The van der Waals surface area contributed by atoms with Crippen molar-refractivity contribution in [1.82, 2.24) is 4.72 Å². The first kappa shape index (κ1) is 20.1. The molecule has 1 saturated carbocycles. The van der Waals surface area contributed by atoms with Crippen molar-refractivity contribution in [3.05, 3.63) is 40.9 Å². The van der Waals surface area contributed by atoms with Gasteiger partial charge in [0.25, 0.3) is 11.3 Å². The predicted octanol–water partition coefficient (Wildman–Crippen LogP) is 4.37. The third-order valence-corrected chi connectivity index (χ3v) is 5.63. The fourth-order valence-corrected chi connectivity index (χ4v) is 4.12. The Morgan fingerprint density at radius 3 is 2.80 bits per heavy atom. The number of benzene rings is 1. The standard InChI is InChI=1S/C18H24BrNO4S/c19-15-10-12-16(13-11-15)24-25(23)20-17-8-5-7-14(17)6-3-1-2-4-9-18(21)22/h1,3,10-14,17,20H,2,4-9H2,(H,21,22). The highest BCUT2D eigenvalue weighted by atomic mass is 79.9. The van der Waals surface area contributed by atoms with E-state index in [0.29, 0.717) is 18.1 Å². The highest BCUT2D eigenvalue weighted by Crippen LogP contribution is 2.29. The molecule has 3 unspecified atom stereocenters. The summed E-state index contributed by atoms with van der Waals surface area (Å²) in [6.45, 7) is 0. The first-order valence-corrected chi connectivity index (χ1v) is 10.4. The number of carbonyl (C=O) groups is 1. The highest BCUT2D eigenvalue weighted by Gasteiger charge is 2.28. The number of nitrogens with one attached hydrogen (secondary N) is 1. The molecular weight excluding hydrogens is 406 g/mol. The zero-order valence-corrected chi connectivity index (χ0v) is 16.4. The Balaban J connectivity index is 1.72. The molecule has 0 saturated heterocycles. The molecule has 3 atom stereocenters. The molecule has 1 aliphatic carbocycles. The highest BCUT2D eigenvalue weighted by molar-refractivity contribution is 9.10. The molecule has 0 aliphatic heterocycles. The smallest absolute Gasteiger partial charge is 0.303 e. The Morgan fingerprint density at radius 1 is 1.32 bits per heavy atom. The van der Waals surface area contributed by atoms with Crippen LogP contribution in [0.2, 0.25) is 0 Å². The van der Waals surface area contributed by atoms with Crippen LogP contribution < -0.4 is 8.91 Å². The first-order valence-electron chi connectivity index (χ1n) is 8.53. The molecule has 2 N–H and O–H groups in total. The molecule has 1 aromatic carbocycles. The molecule has 5 nitrogen and oxygen atoms in total. The van der Waals surface area contributed by atoms with Gasteiger partial charge in [0.1, 0.15) is 5.75 Å². The SMILES string of the molecule is O=C(O)CCCC=CCC1CCCC1NS(=O)Oc1ccc(Br)cc1. The molecule has 0 aromatic heterocycles. The van der Waals surface area contributed by atoms with Gasteiger partial charge in [0.2, 0.25) is 0 Å². The molecule has 0 radical (unpaired) electrons. The molecule has 0 spiro atoms. The second kappa shape index (κ2) is 10.7. The van der Waals surface area contributed by atoms with Crippen molar-refractivity contribution in [2.75, 3.05) is 0 Å². The Morgan fingerprint density at radius 2 is 2.08 bits per heavy atom. The maximum Gasteiger partial charge on any atom is 0.303 e. The van der Waals surface area contributed by atoms with Gasteiger partial charge in [-0.2, -0.15) is 4.21 Å². The minimum Gasteiger partial charge on any atom is -0.481 e. The van der Waals surface area contributed by atoms with Gasteiger partial charge >= 0.3 is 5.97 Å². The Kier molecular flexibility index (Phi) is 8.64. The number of allylic oxidation sites excluding steroid dienone is 2. The van der Waals surface area contributed by atoms with Crippen LogP contribution in [0.4, 0.5) is 0 Å². The number of carboxylic acid groups (broad SMARTS) is 1. The third-order valence-electron chi connectivity index (χ3n) is 4.26. The van der Waals surface area contributed by atoms with E-state index in [1.807, 2.05) is 18.2 Å². The van der Waals surface area contributed by atoms with Crippen LogP contribution in [-0.4, -0.2) is 21.3 Å². The average Bonchev–Trinajstić information content (AvgIpc) is 2.99. The summed E-state index contributed by atoms with van der Waals surface area (Å²) in [4.78, 5) is 10.5. The lowest BCUT2D eigenvalue weighted by Gasteiger charge is -2.18. The summed E-state index contributed by atoms with van der Waals surface area (Å²) in [7, 11) is 0. The predicted molar refractivity (Wildman–Crippen MR) is 102 cm³/mol. The summed E-state index contributed by atoms with van der Waals surface area (Å²) in [5.74, 6) is 0.261. The molecule has 25 heavy (non-hydrogen) atoms. The van der Waals surface area contributed by atoms with Gasteiger partial charge in [-0.15, -0.1) is 0 Å². The third kappa shape index (κ3) is 7.71. The summed E-state index contributed by atoms with van der Waals surface area (Å²) in [5, 5.41) is 8.61. The summed E-state index contributed by atoms with van der Waals surface area (Å²) in [5.41, 5.74) is 0. The Bertz CT molecular complexity index is 606. The van der Waals surface area contributed by atoms with Crippen LogP contribution in [0.5, 0.6) is 5.75 Å². The molecule has 0 bridgehead atoms. The van der Waals surface area contributed by atoms with Gasteiger partial charge in [-0.1, -0.05) is 34.5 Å². The van der Waals surface area contributed by atoms with Crippen LogP contribution >= 0.6 is 15.9 Å². The maximum atomic E-state index is 12.2. The van der Waals surface area contributed by atoms with Gasteiger partial charge in [0.15, 0.2) is 0 Å². The summed E-state index contributed by atoms with van der Waals surface area (Å²) in [6.07, 6.45) is 9.96. The largest absolute Gasteiger partial charge is 0.481 e. The molecule has 0 amide bonds. The van der Waals surface area contributed by atoms with E-state index in [9.17, 15) is 9.00 Å². The van der Waals surface area contributed by atoms with Crippen LogP contribution in [0.1, 0.15) is 44.9 Å². The normalized spacial score (nSPS) is 21.5. The zero-order valence-electron chi connectivity index (χ0n) is 14.0. The minimum atomic E-state index is -1.56. The zero-order chi connectivity index (χ0) is 18.1. The lowest BCUT2D eigenvalue weighted by atomic mass is 10.00. The molecular formula is C18H24BrNO4S. The second-order valence-corrected chi connectivity index (χ2v) is 7.97. The van der Waals surface area contributed by atoms with E-state index in [1.54, 1.807) is 12.1 Å². The van der Waals surface area contributed by atoms with Gasteiger partial charge < -0.3 is 9.29 Å². The lowest BCUT2D eigenvalue weighted by molar-refractivity contribution is -0.137. The summed E-state index contributed by atoms with van der Waals surface area (Å²) in [6, 6.07) is 7.42. The van der Waals surface area contributed by atoms with Crippen LogP contribution in [0.3, 0.4) is 0 Å². The lowest BCUT2D eigenvalue weighted by Crippen LogP contribution is -2.35. The Hall–Kier alpha value is -1.18. The molecule has 7 heteroatoms. The first-order chi connectivity index (χ1) is 12.0. The quantitative estimate of drug-likeness (QED) is 0.427. The maximum absolute atomic E-state index is 12.2. The van der Waals surface area contributed by atoms with E-state index in [2.05, 4.69) is 26.7 Å². The van der Waals surface area contributed by atoms with E-state index in [4.69, 9.17) is 9.29 Å². The molecule has 138 valence electrons. The van der Waals surface area contributed by atoms with Crippen molar-refractivity contribution in [3.8, 4) is 5.75 Å². The van der Waals surface area contributed by atoms with Crippen molar-refractivity contribution in [3.63, 3.8) is 0 Å². The van der Waals surface area contributed by atoms with E-state index in [0.717, 1.165) is 36.6 Å². The van der Waals surface area contributed by atoms with Gasteiger partial charge in [-0.25, -0.2) is 4.72 Å². The van der Waals surface area contributed by atoms with Crippen molar-refractivity contribution < 1.29 is 18.3 Å². The summed E-state index contributed by atoms with van der Waals surface area (Å²) >= 11 is 1.80. The number of aliphatic carboxylic acids is 1. The van der Waals surface area contributed by atoms with E-state index in [1.165, 1.54) is 0 Å². The molecule has 0 heterocycles. The van der Waals surface area contributed by atoms with Crippen LogP contribution in [0, 0.1) is 5.92 Å². The molecule has 2 rings (SSSR count). The van der Waals surface area contributed by atoms with Gasteiger partial charge in [-0.05, 0) is 62.3 Å². The Labute approximate surface area is 159 Å². The number of hydrogen-bond acceptors (Lipinski definition) is 3. The van der Waals surface area contributed by atoms with Crippen LogP contribution in [0.15, 0.2) is 40.9 Å². The number of carboxylic acids is 1. The van der Waals surface area contributed by atoms with Crippen LogP contribution in [0.25, 0.3) is 0 Å². The van der Waals surface area contributed by atoms with Crippen molar-refractivity contribution >= 4 is 33.2 Å². The molecule has 1 fully saturated rings. The van der Waals surface area contributed by atoms with E-state index >= 15 is 0 Å². The van der Waals surface area contributed by atoms with Crippen molar-refractivity contribution in [2.24, 2.45) is 5.92 Å². The minimum absolute atomic E-state index is 0.181. The monoisotopic (exact) mass is 429 g/mol. The van der Waals surface area contributed by atoms with Gasteiger partial charge in [-0.3, -0.25) is 4.79 Å². The van der Waals surface area contributed by atoms with Crippen LogP contribution in [-0.2, 0) is 16.1 Å². The fourth-order valence-electron chi connectivity index (χ4n) is 2.96. The van der Waals surface area contributed by atoms with Crippen molar-refractivity contribution in [2.45, 2.75) is 51.0 Å². The van der Waals surface area contributed by atoms with Gasteiger partial charge in [0, 0.05) is 16.9 Å². The van der Waals surface area contributed by atoms with E-state index < -0.39 is 17.2 Å². The molecule has 1 aliphatic rings. The number of unbranched alkanes of at least 4 members (excludes halogenated alkanes) is 1. The second-order valence-electron chi connectivity index (χ2n) is 6.18. The topological polar surface area (TPSA) is 75.6 Å². The number of rotatable bonds is 10.